The Morgan fingerprint density at radius 2 is 2.13 bits per heavy atom. The molecule has 0 aromatic carbocycles. The van der Waals surface area contributed by atoms with Gasteiger partial charge in [-0.2, -0.15) is 0 Å². The highest BCUT2D eigenvalue weighted by Crippen LogP contribution is 2.29. The topological polar surface area (TPSA) is 38.5 Å². The average Bonchev–Trinajstić information content (AvgIpc) is 2.60. The molecule has 0 aromatic heterocycles. The maximum absolute atomic E-state index is 5.76. The molecule has 0 amide bonds. The van der Waals surface area contributed by atoms with E-state index in [2.05, 4.69) is 18.7 Å². The van der Waals surface area contributed by atoms with Gasteiger partial charge in [-0.15, -0.1) is 0 Å². The molecule has 4 atom stereocenters. The highest BCUT2D eigenvalue weighted by Gasteiger charge is 2.34. The van der Waals surface area contributed by atoms with Crippen LogP contribution in [0.4, 0.5) is 0 Å². The highest BCUT2D eigenvalue weighted by molar-refractivity contribution is 4.89. The molecule has 0 saturated carbocycles. The summed E-state index contributed by atoms with van der Waals surface area (Å²) in [6.45, 7) is 7.51. The minimum Gasteiger partial charge on any atom is -0.378 e. The normalized spacial score (nSPS) is 43.4. The van der Waals surface area contributed by atoms with E-state index in [1.54, 1.807) is 0 Å². The monoisotopic (exact) mass is 212 g/mol. The van der Waals surface area contributed by atoms with E-state index < -0.39 is 0 Å². The molecule has 2 N–H and O–H groups in total. The zero-order valence-corrected chi connectivity index (χ0v) is 9.98. The fraction of sp³-hybridized carbons (Fsp3) is 1.00. The number of nitrogens with zero attached hydrogens (tertiary/aromatic N) is 1. The zero-order valence-electron chi connectivity index (χ0n) is 9.98. The van der Waals surface area contributed by atoms with Crippen molar-refractivity contribution in [1.82, 2.24) is 4.90 Å². The molecule has 2 saturated heterocycles. The summed E-state index contributed by atoms with van der Waals surface area (Å²) in [7, 11) is 0. The third-order valence-electron chi connectivity index (χ3n) is 3.97. The minimum absolute atomic E-state index is 0.438. The van der Waals surface area contributed by atoms with Crippen molar-refractivity contribution in [3.8, 4) is 0 Å². The number of rotatable bonds is 2. The van der Waals surface area contributed by atoms with Gasteiger partial charge in [-0.05, 0) is 45.6 Å². The van der Waals surface area contributed by atoms with Crippen molar-refractivity contribution in [1.29, 1.82) is 0 Å². The lowest BCUT2D eigenvalue weighted by Gasteiger charge is -2.36. The van der Waals surface area contributed by atoms with Crippen LogP contribution >= 0.6 is 0 Å². The van der Waals surface area contributed by atoms with Crippen LogP contribution in [0.3, 0.4) is 0 Å². The van der Waals surface area contributed by atoms with Crippen LogP contribution in [-0.4, -0.2) is 42.8 Å². The molecule has 0 aromatic rings. The predicted molar refractivity (Wildman–Crippen MR) is 61.8 cm³/mol. The Labute approximate surface area is 93.0 Å². The molecular formula is C12H24N2O. The van der Waals surface area contributed by atoms with Crippen LogP contribution in [0.1, 0.15) is 33.1 Å². The van der Waals surface area contributed by atoms with Gasteiger partial charge in [0.1, 0.15) is 0 Å². The van der Waals surface area contributed by atoms with Crippen LogP contribution in [-0.2, 0) is 4.74 Å². The van der Waals surface area contributed by atoms with Crippen LogP contribution in [0, 0.1) is 5.92 Å². The summed E-state index contributed by atoms with van der Waals surface area (Å²) in [4.78, 5) is 2.66. The van der Waals surface area contributed by atoms with E-state index in [0.29, 0.717) is 12.1 Å². The van der Waals surface area contributed by atoms with Gasteiger partial charge in [-0.3, -0.25) is 4.90 Å². The third kappa shape index (κ3) is 2.52. The van der Waals surface area contributed by atoms with Crippen LogP contribution in [0.25, 0.3) is 0 Å². The first kappa shape index (κ1) is 11.4. The number of ether oxygens (including phenoxy) is 1. The Morgan fingerprint density at radius 1 is 1.33 bits per heavy atom. The fourth-order valence-electron chi connectivity index (χ4n) is 3.13. The molecule has 0 spiro atoms. The predicted octanol–water partition coefficient (Wildman–Crippen LogP) is 1.22. The van der Waals surface area contributed by atoms with Crippen LogP contribution < -0.4 is 5.73 Å². The lowest BCUT2D eigenvalue weighted by atomic mass is 10.0. The minimum atomic E-state index is 0.438. The quantitative estimate of drug-likeness (QED) is 0.748. The van der Waals surface area contributed by atoms with E-state index in [1.165, 1.54) is 25.8 Å². The second kappa shape index (κ2) is 4.81. The fourth-order valence-corrected chi connectivity index (χ4v) is 3.13. The van der Waals surface area contributed by atoms with Crippen molar-refractivity contribution in [3.63, 3.8) is 0 Å². The second-order valence-electron chi connectivity index (χ2n) is 5.24. The lowest BCUT2D eigenvalue weighted by Crippen LogP contribution is -2.43. The summed E-state index contributed by atoms with van der Waals surface area (Å²) >= 11 is 0. The van der Waals surface area contributed by atoms with Crippen LogP contribution in [0.5, 0.6) is 0 Å². The van der Waals surface area contributed by atoms with Crippen LogP contribution in [0.15, 0.2) is 0 Å². The Balaban J connectivity index is 1.92. The molecular weight excluding hydrogens is 188 g/mol. The molecule has 0 aliphatic carbocycles. The SMILES string of the molecule is CC1CC(N2CC(CN)CC2C)CCO1. The van der Waals surface area contributed by atoms with E-state index in [1.807, 2.05) is 0 Å². The van der Waals surface area contributed by atoms with Gasteiger partial charge in [0.15, 0.2) is 0 Å². The Bertz CT molecular complexity index is 210. The average molecular weight is 212 g/mol. The molecule has 2 rings (SSSR count). The largest absolute Gasteiger partial charge is 0.378 e. The van der Waals surface area contributed by atoms with Gasteiger partial charge in [-0.25, -0.2) is 0 Å². The van der Waals surface area contributed by atoms with Crippen molar-refractivity contribution < 1.29 is 4.74 Å². The molecule has 3 nitrogen and oxygen atoms in total. The van der Waals surface area contributed by atoms with E-state index in [4.69, 9.17) is 10.5 Å². The third-order valence-corrected chi connectivity index (χ3v) is 3.97. The summed E-state index contributed by atoms with van der Waals surface area (Å²) in [6.07, 6.45) is 4.11. The highest BCUT2D eigenvalue weighted by atomic mass is 16.5. The van der Waals surface area contributed by atoms with Gasteiger partial charge in [0.25, 0.3) is 0 Å². The van der Waals surface area contributed by atoms with Gasteiger partial charge < -0.3 is 10.5 Å². The number of hydrogen-bond acceptors (Lipinski definition) is 3. The summed E-state index contributed by atoms with van der Waals surface area (Å²) < 4.78 is 5.60. The first-order chi connectivity index (χ1) is 7.20. The standard InChI is InChI=1S/C12H24N2O/c1-9-5-11(7-13)8-14(9)12-3-4-15-10(2)6-12/h9-12H,3-8,13H2,1-2H3. The smallest absolute Gasteiger partial charge is 0.0561 e. The van der Waals surface area contributed by atoms with E-state index in [9.17, 15) is 0 Å². The zero-order chi connectivity index (χ0) is 10.8. The van der Waals surface area contributed by atoms with Gasteiger partial charge in [0.05, 0.1) is 6.10 Å². The molecule has 2 aliphatic rings. The summed E-state index contributed by atoms with van der Waals surface area (Å²) in [6, 6.07) is 1.45. The van der Waals surface area contributed by atoms with Crippen molar-refractivity contribution in [2.24, 2.45) is 11.7 Å². The van der Waals surface area contributed by atoms with E-state index in [-0.39, 0.29) is 0 Å². The number of nitrogens with two attached hydrogens (primary N) is 1. The van der Waals surface area contributed by atoms with Gasteiger partial charge in [-0.1, -0.05) is 0 Å². The first-order valence-electron chi connectivity index (χ1n) is 6.28. The maximum Gasteiger partial charge on any atom is 0.0561 e. The molecule has 0 bridgehead atoms. The van der Waals surface area contributed by atoms with E-state index in [0.717, 1.165) is 25.1 Å². The number of likely N-dealkylation sites (tertiary alicyclic amines) is 1. The molecule has 2 fully saturated rings. The Hall–Kier alpha value is -0.120. The maximum atomic E-state index is 5.76. The van der Waals surface area contributed by atoms with Gasteiger partial charge in [0, 0.05) is 25.2 Å². The van der Waals surface area contributed by atoms with Crippen molar-refractivity contribution in [2.75, 3.05) is 19.7 Å². The van der Waals surface area contributed by atoms with Crippen molar-refractivity contribution in [2.45, 2.75) is 51.3 Å². The molecule has 3 heteroatoms. The molecule has 2 aliphatic heterocycles. The Kier molecular flexibility index (Phi) is 3.65. The lowest BCUT2D eigenvalue weighted by molar-refractivity contribution is -0.0194. The second-order valence-corrected chi connectivity index (χ2v) is 5.24. The molecule has 2 heterocycles. The van der Waals surface area contributed by atoms with Crippen LogP contribution in [0.2, 0.25) is 0 Å². The summed E-state index contributed by atoms with van der Waals surface area (Å²) in [5.41, 5.74) is 5.76. The van der Waals surface area contributed by atoms with Crippen molar-refractivity contribution in [3.05, 3.63) is 0 Å². The van der Waals surface area contributed by atoms with Gasteiger partial charge in [0.2, 0.25) is 0 Å². The first-order valence-corrected chi connectivity index (χ1v) is 6.28. The molecule has 15 heavy (non-hydrogen) atoms. The Morgan fingerprint density at radius 3 is 2.73 bits per heavy atom. The molecule has 0 radical (unpaired) electrons. The summed E-state index contributed by atoms with van der Waals surface area (Å²) in [5, 5.41) is 0. The number of hydrogen-bond donors (Lipinski definition) is 1. The summed E-state index contributed by atoms with van der Waals surface area (Å²) in [5.74, 6) is 0.721. The molecule has 88 valence electrons. The van der Waals surface area contributed by atoms with E-state index >= 15 is 0 Å². The van der Waals surface area contributed by atoms with Crippen molar-refractivity contribution >= 4 is 0 Å². The molecule has 4 unspecified atom stereocenters. The van der Waals surface area contributed by atoms with Gasteiger partial charge >= 0.3 is 0 Å².